The van der Waals surface area contributed by atoms with Crippen LogP contribution < -0.4 is 16.4 Å². The van der Waals surface area contributed by atoms with E-state index >= 15 is 0 Å². The molecule has 2 aromatic carbocycles. The van der Waals surface area contributed by atoms with Crippen molar-refractivity contribution in [3.05, 3.63) is 71.3 Å². The summed E-state index contributed by atoms with van der Waals surface area (Å²) in [4.78, 5) is 54.1. The standard InChI is InChI=1S/C30H42N4O5/c1-8-30(6,7)34(27(37)23(18-24(31)35)33-28(38)39-29(3,4)5)25(22-16-14-20(2)15-17-22)26(36)32-19-21-12-10-9-11-13-21/h9-17,23,25H,8,18-19H2,1-7H3,(H2,31,35)(H,32,36)(H,33,38). The minimum absolute atomic E-state index is 0.261. The van der Waals surface area contributed by atoms with E-state index in [4.69, 9.17) is 10.5 Å². The molecule has 4 N–H and O–H groups in total. The third-order valence-corrected chi connectivity index (χ3v) is 6.36. The molecule has 0 spiro atoms. The van der Waals surface area contributed by atoms with Gasteiger partial charge in [0, 0.05) is 12.1 Å². The van der Waals surface area contributed by atoms with Crippen molar-refractivity contribution in [2.24, 2.45) is 5.73 Å². The monoisotopic (exact) mass is 538 g/mol. The number of nitrogens with zero attached hydrogens (tertiary/aromatic N) is 1. The van der Waals surface area contributed by atoms with Crippen molar-refractivity contribution in [2.75, 3.05) is 0 Å². The van der Waals surface area contributed by atoms with Crippen LogP contribution in [-0.4, -0.2) is 45.9 Å². The summed E-state index contributed by atoms with van der Waals surface area (Å²) >= 11 is 0. The molecule has 9 nitrogen and oxygen atoms in total. The van der Waals surface area contributed by atoms with Crippen molar-refractivity contribution in [1.82, 2.24) is 15.5 Å². The minimum Gasteiger partial charge on any atom is -0.444 e. The van der Waals surface area contributed by atoms with E-state index in [2.05, 4.69) is 10.6 Å². The highest BCUT2D eigenvalue weighted by Gasteiger charge is 2.43. The summed E-state index contributed by atoms with van der Waals surface area (Å²) in [6.45, 7) is 12.8. The SMILES string of the molecule is CCC(C)(C)N(C(=O)C(CC(N)=O)NC(=O)OC(C)(C)C)C(C(=O)NCc1ccccc1)c1ccc(C)cc1. The topological polar surface area (TPSA) is 131 Å². The Labute approximate surface area is 231 Å². The Balaban J connectivity index is 2.56. The molecule has 2 rings (SSSR count). The van der Waals surface area contributed by atoms with Crippen LogP contribution in [0, 0.1) is 6.92 Å². The van der Waals surface area contributed by atoms with Gasteiger partial charge in [-0.05, 0) is 59.1 Å². The van der Waals surface area contributed by atoms with Gasteiger partial charge in [0.05, 0.1) is 6.42 Å². The van der Waals surface area contributed by atoms with Crippen LogP contribution in [0.1, 0.15) is 77.1 Å². The second kappa shape index (κ2) is 13.3. The van der Waals surface area contributed by atoms with E-state index in [9.17, 15) is 19.2 Å². The Morgan fingerprint density at radius 1 is 0.949 bits per heavy atom. The number of primary amides is 1. The van der Waals surface area contributed by atoms with E-state index in [1.165, 1.54) is 4.90 Å². The number of carbonyl (C=O) groups excluding carboxylic acids is 4. The summed E-state index contributed by atoms with van der Waals surface area (Å²) in [6, 6.07) is 14.4. The molecule has 4 amide bonds. The first-order valence-electron chi connectivity index (χ1n) is 13.1. The van der Waals surface area contributed by atoms with Gasteiger partial charge >= 0.3 is 6.09 Å². The Bertz CT molecular complexity index is 1140. The predicted octanol–water partition coefficient (Wildman–Crippen LogP) is 4.14. The lowest BCUT2D eigenvalue weighted by Gasteiger charge is -2.44. The van der Waals surface area contributed by atoms with Gasteiger partial charge in [-0.25, -0.2) is 4.79 Å². The van der Waals surface area contributed by atoms with Crippen molar-refractivity contribution in [3.63, 3.8) is 0 Å². The molecule has 2 aromatic rings. The summed E-state index contributed by atoms with van der Waals surface area (Å²) in [7, 11) is 0. The van der Waals surface area contributed by atoms with Crippen molar-refractivity contribution in [2.45, 2.75) is 91.1 Å². The van der Waals surface area contributed by atoms with Crippen LogP contribution >= 0.6 is 0 Å². The van der Waals surface area contributed by atoms with E-state index in [0.717, 1.165) is 11.1 Å². The molecule has 0 bridgehead atoms. The van der Waals surface area contributed by atoms with Crippen LogP contribution in [0.4, 0.5) is 4.79 Å². The summed E-state index contributed by atoms with van der Waals surface area (Å²) in [5.74, 6) is -1.79. The number of carbonyl (C=O) groups is 4. The smallest absolute Gasteiger partial charge is 0.408 e. The number of alkyl carbamates (subject to hydrolysis) is 1. The van der Waals surface area contributed by atoms with E-state index in [1.54, 1.807) is 32.9 Å². The number of ether oxygens (including phenoxy) is 1. The fourth-order valence-corrected chi connectivity index (χ4v) is 4.01. The van der Waals surface area contributed by atoms with Gasteiger partial charge < -0.3 is 26.0 Å². The maximum absolute atomic E-state index is 14.2. The van der Waals surface area contributed by atoms with E-state index in [0.29, 0.717) is 12.0 Å². The lowest BCUT2D eigenvalue weighted by molar-refractivity contribution is -0.150. The molecule has 39 heavy (non-hydrogen) atoms. The summed E-state index contributed by atoms with van der Waals surface area (Å²) in [5, 5.41) is 5.47. The molecule has 0 aliphatic rings. The van der Waals surface area contributed by atoms with Crippen molar-refractivity contribution in [3.8, 4) is 0 Å². The number of rotatable bonds is 11. The lowest BCUT2D eigenvalue weighted by Crippen LogP contribution is -2.59. The minimum atomic E-state index is -1.34. The Morgan fingerprint density at radius 2 is 1.54 bits per heavy atom. The van der Waals surface area contributed by atoms with E-state index < -0.39 is 53.5 Å². The quantitative estimate of drug-likeness (QED) is 0.396. The normalized spacial score (nSPS) is 13.1. The predicted molar refractivity (Wildman–Crippen MR) is 150 cm³/mol. The van der Waals surface area contributed by atoms with Gasteiger partial charge in [0.15, 0.2) is 0 Å². The number of benzene rings is 2. The van der Waals surface area contributed by atoms with Crippen molar-refractivity contribution in [1.29, 1.82) is 0 Å². The molecule has 0 aliphatic heterocycles. The first kappa shape index (κ1) is 31.3. The van der Waals surface area contributed by atoms with Crippen LogP contribution in [0.5, 0.6) is 0 Å². The first-order chi connectivity index (χ1) is 18.1. The maximum atomic E-state index is 14.2. The summed E-state index contributed by atoms with van der Waals surface area (Å²) in [6.07, 6.45) is -0.833. The van der Waals surface area contributed by atoms with Gasteiger partial charge in [0.1, 0.15) is 17.7 Å². The zero-order valence-electron chi connectivity index (χ0n) is 24.0. The van der Waals surface area contributed by atoms with Crippen LogP contribution in [0.2, 0.25) is 0 Å². The molecule has 0 radical (unpaired) electrons. The van der Waals surface area contributed by atoms with E-state index in [1.807, 2.05) is 70.2 Å². The van der Waals surface area contributed by atoms with Gasteiger partial charge in [0.2, 0.25) is 17.7 Å². The highest BCUT2D eigenvalue weighted by molar-refractivity contribution is 5.95. The average Bonchev–Trinajstić information content (AvgIpc) is 2.84. The number of amides is 4. The number of nitrogens with one attached hydrogen (secondary N) is 2. The van der Waals surface area contributed by atoms with Crippen molar-refractivity contribution >= 4 is 23.8 Å². The van der Waals surface area contributed by atoms with Crippen LogP contribution in [0.15, 0.2) is 54.6 Å². The Morgan fingerprint density at radius 3 is 2.05 bits per heavy atom. The zero-order valence-corrected chi connectivity index (χ0v) is 24.0. The fourth-order valence-electron chi connectivity index (χ4n) is 4.01. The number of aryl methyl sites for hydroxylation is 1. The number of nitrogens with two attached hydrogens (primary N) is 1. The molecule has 2 atom stereocenters. The van der Waals surface area contributed by atoms with Crippen LogP contribution in [0.3, 0.4) is 0 Å². The first-order valence-corrected chi connectivity index (χ1v) is 13.1. The van der Waals surface area contributed by atoms with Gasteiger partial charge in [-0.3, -0.25) is 14.4 Å². The molecule has 0 saturated carbocycles. The highest BCUT2D eigenvalue weighted by atomic mass is 16.6. The number of hydrogen-bond acceptors (Lipinski definition) is 5. The molecule has 2 unspecified atom stereocenters. The Hall–Kier alpha value is -3.88. The second-order valence-corrected chi connectivity index (χ2v) is 11.3. The Kier molecular flexibility index (Phi) is 10.7. The fraction of sp³-hybridized carbons (Fsp3) is 0.467. The zero-order chi connectivity index (χ0) is 29.4. The van der Waals surface area contributed by atoms with Gasteiger partial charge in [0.25, 0.3) is 0 Å². The van der Waals surface area contributed by atoms with Crippen molar-refractivity contribution < 1.29 is 23.9 Å². The van der Waals surface area contributed by atoms with Crippen LogP contribution in [-0.2, 0) is 25.7 Å². The van der Waals surface area contributed by atoms with E-state index in [-0.39, 0.29) is 6.54 Å². The summed E-state index contributed by atoms with van der Waals surface area (Å²) < 4.78 is 5.33. The molecular weight excluding hydrogens is 496 g/mol. The largest absolute Gasteiger partial charge is 0.444 e. The molecule has 0 aliphatic carbocycles. The van der Waals surface area contributed by atoms with Crippen LogP contribution in [0.25, 0.3) is 0 Å². The summed E-state index contributed by atoms with van der Waals surface area (Å²) in [5.41, 5.74) is 6.29. The molecule has 0 fully saturated rings. The third kappa shape index (κ3) is 9.42. The third-order valence-electron chi connectivity index (χ3n) is 6.36. The molecule has 0 aromatic heterocycles. The molecule has 9 heteroatoms. The lowest BCUT2D eigenvalue weighted by atomic mass is 9.91. The second-order valence-electron chi connectivity index (χ2n) is 11.3. The maximum Gasteiger partial charge on any atom is 0.408 e. The number of hydrogen-bond donors (Lipinski definition) is 3. The molecule has 0 heterocycles. The highest BCUT2D eigenvalue weighted by Crippen LogP contribution is 2.32. The average molecular weight is 539 g/mol. The van der Waals surface area contributed by atoms with Gasteiger partial charge in [-0.15, -0.1) is 0 Å². The molecule has 212 valence electrons. The molecular formula is C30H42N4O5. The van der Waals surface area contributed by atoms with Gasteiger partial charge in [-0.1, -0.05) is 67.1 Å². The molecule has 0 saturated heterocycles. The van der Waals surface area contributed by atoms with Gasteiger partial charge in [-0.2, -0.15) is 0 Å².